The average Bonchev–Trinajstić information content (AvgIpc) is 2.04. The highest BCUT2D eigenvalue weighted by atomic mass is 16.6. The van der Waals surface area contributed by atoms with E-state index in [9.17, 15) is 4.79 Å². The van der Waals surface area contributed by atoms with Gasteiger partial charge in [0.15, 0.2) is 0 Å². The predicted molar refractivity (Wildman–Crippen MR) is 53.4 cm³/mol. The highest BCUT2D eigenvalue weighted by Gasteiger charge is 2.06. The molecule has 0 saturated heterocycles. The zero-order valence-corrected chi connectivity index (χ0v) is 8.45. The third-order valence-electron chi connectivity index (χ3n) is 1.65. The van der Waals surface area contributed by atoms with E-state index in [0.717, 1.165) is 25.7 Å². The molecule has 3 nitrogen and oxygen atoms in total. The van der Waals surface area contributed by atoms with Gasteiger partial charge in [0.1, 0.15) is 6.10 Å². The molecule has 0 aromatic heterocycles. The number of amides is 1. The lowest BCUT2D eigenvalue weighted by Crippen LogP contribution is -2.20. The van der Waals surface area contributed by atoms with E-state index in [1.54, 1.807) is 0 Å². The van der Waals surface area contributed by atoms with Crippen LogP contribution in [0.5, 0.6) is 0 Å². The van der Waals surface area contributed by atoms with Gasteiger partial charge in [-0.25, -0.2) is 4.79 Å². The molecule has 1 amide bonds. The topological polar surface area (TPSA) is 52.3 Å². The summed E-state index contributed by atoms with van der Waals surface area (Å²) in [5.74, 6) is 0. The Hall–Kier alpha value is -0.990. The second-order valence-electron chi connectivity index (χ2n) is 2.98. The fraction of sp³-hybridized carbons (Fsp3) is 0.700. The van der Waals surface area contributed by atoms with E-state index < -0.39 is 6.09 Å². The number of allylic oxidation sites excluding steroid dienone is 1. The Morgan fingerprint density at radius 2 is 2.15 bits per heavy atom. The summed E-state index contributed by atoms with van der Waals surface area (Å²) in [6.07, 6.45) is 7.04. The molecule has 0 bridgehead atoms. The second kappa shape index (κ2) is 7.65. The van der Waals surface area contributed by atoms with Crippen molar-refractivity contribution in [1.82, 2.24) is 0 Å². The molecule has 0 heterocycles. The molecule has 1 atom stereocenters. The molecule has 0 radical (unpaired) electrons. The maximum absolute atomic E-state index is 10.5. The summed E-state index contributed by atoms with van der Waals surface area (Å²) in [7, 11) is 0. The highest BCUT2D eigenvalue weighted by Crippen LogP contribution is 2.04. The van der Waals surface area contributed by atoms with Gasteiger partial charge < -0.3 is 10.5 Å². The van der Waals surface area contributed by atoms with E-state index in [0.29, 0.717) is 0 Å². The Bertz CT molecular complexity index is 166. The van der Waals surface area contributed by atoms with Gasteiger partial charge in [0, 0.05) is 0 Å². The van der Waals surface area contributed by atoms with E-state index >= 15 is 0 Å². The molecule has 76 valence electrons. The summed E-state index contributed by atoms with van der Waals surface area (Å²) >= 11 is 0. The molecule has 3 heteroatoms. The maximum atomic E-state index is 10.5. The number of unbranched alkanes of at least 4 members (excludes halogenated alkanes) is 1. The third kappa shape index (κ3) is 7.37. The van der Waals surface area contributed by atoms with Gasteiger partial charge in [0.25, 0.3) is 0 Å². The van der Waals surface area contributed by atoms with Gasteiger partial charge in [-0.2, -0.15) is 0 Å². The van der Waals surface area contributed by atoms with E-state index in [1.165, 1.54) is 0 Å². The van der Waals surface area contributed by atoms with Crippen molar-refractivity contribution in [3.05, 3.63) is 12.2 Å². The number of carbonyl (C=O) groups is 1. The Labute approximate surface area is 79.9 Å². The van der Waals surface area contributed by atoms with E-state index in [-0.39, 0.29) is 6.10 Å². The van der Waals surface area contributed by atoms with Crippen LogP contribution in [0.4, 0.5) is 4.79 Å². The van der Waals surface area contributed by atoms with Crippen LogP contribution in [0.2, 0.25) is 0 Å². The lowest BCUT2D eigenvalue weighted by atomic mass is 10.2. The van der Waals surface area contributed by atoms with Crippen molar-refractivity contribution in [3.8, 4) is 0 Å². The molecule has 0 fully saturated rings. The number of rotatable bonds is 6. The summed E-state index contributed by atoms with van der Waals surface area (Å²) in [4.78, 5) is 10.5. The first-order valence-corrected chi connectivity index (χ1v) is 4.83. The largest absolute Gasteiger partial charge is 0.442 e. The molecule has 2 N–H and O–H groups in total. The van der Waals surface area contributed by atoms with Gasteiger partial charge in [-0.15, -0.1) is 0 Å². The SMILES string of the molecule is CCC/C=C\C(CCC)OC(N)=O. The first kappa shape index (κ1) is 12.0. The summed E-state index contributed by atoms with van der Waals surface area (Å²) in [5.41, 5.74) is 4.93. The molecule has 0 aromatic carbocycles. The third-order valence-corrected chi connectivity index (χ3v) is 1.65. The van der Waals surface area contributed by atoms with Crippen molar-refractivity contribution in [2.24, 2.45) is 5.73 Å². The van der Waals surface area contributed by atoms with E-state index in [2.05, 4.69) is 6.92 Å². The lowest BCUT2D eigenvalue weighted by Gasteiger charge is -2.10. The van der Waals surface area contributed by atoms with Gasteiger partial charge in [0.2, 0.25) is 0 Å². The maximum Gasteiger partial charge on any atom is 0.405 e. The standard InChI is InChI=1S/C10H19NO2/c1-3-5-6-8-9(7-4-2)13-10(11)12/h6,8-9H,3-5,7H2,1-2H3,(H2,11,12)/b8-6-. The smallest absolute Gasteiger partial charge is 0.405 e. The normalized spacial score (nSPS) is 13.1. The van der Waals surface area contributed by atoms with Gasteiger partial charge in [-0.1, -0.05) is 32.8 Å². The zero-order chi connectivity index (χ0) is 10.1. The lowest BCUT2D eigenvalue weighted by molar-refractivity contribution is 0.124. The summed E-state index contributed by atoms with van der Waals surface area (Å²) < 4.78 is 4.89. The van der Waals surface area contributed by atoms with Gasteiger partial charge in [0.05, 0.1) is 0 Å². The number of nitrogens with two attached hydrogens (primary N) is 1. The second-order valence-corrected chi connectivity index (χ2v) is 2.98. The average molecular weight is 185 g/mol. The number of ether oxygens (including phenoxy) is 1. The van der Waals surface area contributed by atoms with Crippen molar-refractivity contribution < 1.29 is 9.53 Å². The number of hydrogen-bond donors (Lipinski definition) is 1. The van der Waals surface area contributed by atoms with Gasteiger partial charge in [-0.05, 0) is 18.9 Å². The fourth-order valence-electron chi connectivity index (χ4n) is 1.04. The van der Waals surface area contributed by atoms with Crippen LogP contribution < -0.4 is 5.73 Å². The first-order valence-electron chi connectivity index (χ1n) is 4.83. The molecule has 0 rings (SSSR count). The molecule has 13 heavy (non-hydrogen) atoms. The number of hydrogen-bond acceptors (Lipinski definition) is 2. The number of primary amides is 1. The van der Waals surface area contributed by atoms with Crippen LogP contribution in [-0.2, 0) is 4.74 Å². The minimum Gasteiger partial charge on any atom is -0.442 e. The Morgan fingerprint density at radius 3 is 2.62 bits per heavy atom. The molecule has 1 unspecified atom stereocenters. The van der Waals surface area contributed by atoms with Crippen LogP contribution in [0.15, 0.2) is 12.2 Å². The molecule has 0 aliphatic rings. The highest BCUT2D eigenvalue weighted by molar-refractivity contribution is 5.65. The van der Waals surface area contributed by atoms with Crippen molar-refractivity contribution >= 4 is 6.09 Å². The van der Waals surface area contributed by atoms with Crippen LogP contribution in [0, 0.1) is 0 Å². The van der Waals surface area contributed by atoms with Crippen molar-refractivity contribution in [2.45, 2.75) is 45.6 Å². The van der Waals surface area contributed by atoms with Crippen molar-refractivity contribution in [3.63, 3.8) is 0 Å². The molecule has 0 aliphatic heterocycles. The molecular formula is C10H19NO2. The van der Waals surface area contributed by atoms with Gasteiger partial charge >= 0.3 is 6.09 Å². The van der Waals surface area contributed by atoms with Crippen LogP contribution in [0.25, 0.3) is 0 Å². The predicted octanol–water partition coefficient (Wildman–Crippen LogP) is 2.61. The Morgan fingerprint density at radius 1 is 1.46 bits per heavy atom. The summed E-state index contributed by atoms with van der Waals surface area (Å²) in [6.45, 7) is 4.15. The van der Waals surface area contributed by atoms with Gasteiger partial charge in [-0.3, -0.25) is 0 Å². The number of carbonyl (C=O) groups excluding carboxylic acids is 1. The Balaban J connectivity index is 3.85. The quantitative estimate of drug-likeness (QED) is 0.647. The minimum atomic E-state index is -0.695. The van der Waals surface area contributed by atoms with Crippen LogP contribution in [0.1, 0.15) is 39.5 Å². The van der Waals surface area contributed by atoms with E-state index in [1.807, 2.05) is 19.1 Å². The van der Waals surface area contributed by atoms with Crippen molar-refractivity contribution in [2.75, 3.05) is 0 Å². The summed E-state index contributed by atoms with van der Waals surface area (Å²) in [6, 6.07) is 0. The summed E-state index contributed by atoms with van der Waals surface area (Å²) in [5, 5.41) is 0. The fourth-order valence-corrected chi connectivity index (χ4v) is 1.04. The molecule has 0 aliphatic carbocycles. The van der Waals surface area contributed by atoms with Crippen molar-refractivity contribution in [1.29, 1.82) is 0 Å². The zero-order valence-electron chi connectivity index (χ0n) is 8.45. The monoisotopic (exact) mass is 185 g/mol. The molecule has 0 spiro atoms. The van der Waals surface area contributed by atoms with Crippen LogP contribution >= 0.6 is 0 Å². The van der Waals surface area contributed by atoms with Crippen LogP contribution in [0.3, 0.4) is 0 Å². The molecule has 0 aromatic rings. The molecular weight excluding hydrogens is 166 g/mol. The Kier molecular flexibility index (Phi) is 7.07. The van der Waals surface area contributed by atoms with E-state index in [4.69, 9.17) is 10.5 Å². The molecule has 0 saturated carbocycles. The van der Waals surface area contributed by atoms with Crippen LogP contribution in [-0.4, -0.2) is 12.2 Å². The first-order chi connectivity index (χ1) is 6.20. The minimum absolute atomic E-state index is 0.144.